The lowest BCUT2D eigenvalue weighted by atomic mass is 9.98. The first-order chi connectivity index (χ1) is 9.87. The first-order valence-electron chi connectivity index (χ1n) is 8.10. The molecule has 0 bridgehead atoms. The summed E-state index contributed by atoms with van der Waals surface area (Å²) in [6.45, 7) is 9.88. The maximum Gasteiger partial charge on any atom is 0.238 e. The summed E-state index contributed by atoms with van der Waals surface area (Å²) in [4.78, 5) is 14.5. The molecule has 5 heteroatoms. The summed E-state index contributed by atoms with van der Waals surface area (Å²) >= 11 is 0. The van der Waals surface area contributed by atoms with E-state index < -0.39 is 11.6 Å². The zero-order valence-electron chi connectivity index (χ0n) is 13.9. The van der Waals surface area contributed by atoms with Crippen LogP contribution in [0.3, 0.4) is 0 Å². The van der Waals surface area contributed by atoms with Crippen LogP contribution in [0.15, 0.2) is 0 Å². The topological polar surface area (TPSA) is 82.2 Å². The van der Waals surface area contributed by atoms with Gasteiger partial charge < -0.3 is 11.1 Å². The Morgan fingerprint density at radius 1 is 1.43 bits per heavy atom. The number of nitrogens with zero attached hydrogens (tertiary/aromatic N) is 2. The molecule has 21 heavy (non-hydrogen) atoms. The van der Waals surface area contributed by atoms with E-state index in [1.54, 1.807) is 0 Å². The van der Waals surface area contributed by atoms with Crippen molar-refractivity contribution in [1.29, 1.82) is 5.26 Å². The predicted octanol–water partition coefficient (Wildman–Crippen LogP) is 1.63. The highest BCUT2D eigenvalue weighted by Gasteiger charge is 2.42. The fraction of sp³-hybridized carbons (Fsp3) is 0.875. The van der Waals surface area contributed by atoms with Crippen molar-refractivity contribution in [2.45, 2.75) is 71.0 Å². The second-order valence-corrected chi connectivity index (χ2v) is 6.61. The average Bonchev–Trinajstić information content (AvgIpc) is 2.84. The lowest BCUT2D eigenvalue weighted by molar-refractivity contribution is -0.124. The minimum atomic E-state index is -0.770. The van der Waals surface area contributed by atoms with Crippen molar-refractivity contribution in [3.05, 3.63) is 0 Å². The largest absolute Gasteiger partial charge is 0.335 e. The number of likely N-dealkylation sites (tertiary alicyclic amines) is 1. The minimum absolute atomic E-state index is 0.198. The third kappa shape index (κ3) is 4.69. The Kier molecular flexibility index (Phi) is 6.63. The van der Waals surface area contributed by atoms with Crippen LogP contribution in [0, 0.1) is 17.2 Å². The Morgan fingerprint density at radius 2 is 2.05 bits per heavy atom. The molecule has 0 radical (unpaired) electrons. The van der Waals surface area contributed by atoms with Gasteiger partial charge in [0, 0.05) is 19.1 Å². The van der Waals surface area contributed by atoms with Crippen LogP contribution >= 0.6 is 0 Å². The summed E-state index contributed by atoms with van der Waals surface area (Å²) in [7, 11) is 0. The third-order valence-electron chi connectivity index (χ3n) is 4.40. The van der Waals surface area contributed by atoms with Gasteiger partial charge in [0.05, 0.1) is 12.1 Å². The molecule has 0 saturated carbocycles. The van der Waals surface area contributed by atoms with Crippen molar-refractivity contribution in [2.75, 3.05) is 13.1 Å². The normalized spacial score (nSPS) is 24.3. The number of nitrogens with two attached hydrogens (primary N) is 1. The standard InChI is InChI=1S/C16H30N4O/c1-5-13(6-2)20-8-7-16(10-17,11-20)19-15(21)14(18)9-12(3)4/h12-14H,5-9,11,18H2,1-4H3,(H,19,21). The number of carbonyl (C=O) groups is 1. The van der Waals surface area contributed by atoms with Crippen LogP contribution < -0.4 is 11.1 Å². The third-order valence-corrected chi connectivity index (χ3v) is 4.40. The van der Waals surface area contributed by atoms with Crippen molar-refractivity contribution in [3.63, 3.8) is 0 Å². The summed E-state index contributed by atoms with van der Waals surface area (Å²) in [6.07, 6.45) is 3.46. The smallest absolute Gasteiger partial charge is 0.238 e. The molecule has 1 saturated heterocycles. The summed E-state index contributed by atoms with van der Waals surface area (Å²) in [6, 6.07) is 2.28. The average molecular weight is 294 g/mol. The summed E-state index contributed by atoms with van der Waals surface area (Å²) < 4.78 is 0. The quantitative estimate of drug-likeness (QED) is 0.747. The number of hydrogen-bond acceptors (Lipinski definition) is 4. The molecule has 120 valence electrons. The van der Waals surface area contributed by atoms with Crippen LogP contribution in [0.5, 0.6) is 0 Å². The molecule has 1 fully saturated rings. The molecule has 0 aliphatic carbocycles. The van der Waals surface area contributed by atoms with Gasteiger partial charge in [-0.15, -0.1) is 0 Å². The zero-order valence-corrected chi connectivity index (χ0v) is 13.9. The maximum atomic E-state index is 12.2. The van der Waals surface area contributed by atoms with Gasteiger partial charge in [0.1, 0.15) is 5.54 Å². The van der Waals surface area contributed by atoms with E-state index in [1.807, 2.05) is 13.8 Å². The molecule has 2 atom stereocenters. The second kappa shape index (κ2) is 7.77. The Balaban J connectivity index is 2.67. The number of nitrogens with one attached hydrogen (secondary N) is 1. The molecule has 1 amide bonds. The zero-order chi connectivity index (χ0) is 16.0. The van der Waals surface area contributed by atoms with Crippen LogP contribution in [-0.4, -0.2) is 41.5 Å². The summed E-state index contributed by atoms with van der Waals surface area (Å²) in [5.41, 5.74) is 5.15. The highest BCUT2D eigenvalue weighted by Crippen LogP contribution is 2.25. The van der Waals surface area contributed by atoms with Crippen molar-refractivity contribution in [1.82, 2.24) is 10.2 Å². The number of rotatable bonds is 7. The van der Waals surface area contributed by atoms with E-state index in [9.17, 15) is 10.1 Å². The van der Waals surface area contributed by atoms with Gasteiger partial charge in [-0.1, -0.05) is 27.7 Å². The van der Waals surface area contributed by atoms with Crippen LogP contribution in [0.4, 0.5) is 0 Å². The molecule has 0 spiro atoms. The SMILES string of the molecule is CCC(CC)N1CCC(C#N)(NC(=O)C(N)CC(C)C)C1. The van der Waals surface area contributed by atoms with Crippen molar-refractivity contribution in [3.8, 4) is 6.07 Å². The molecule has 0 aromatic carbocycles. The molecule has 1 aliphatic heterocycles. The number of hydrogen-bond donors (Lipinski definition) is 2. The van der Waals surface area contributed by atoms with Gasteiger partial charge in [-0.05, 0) is 31.6 Å². The Morgan fingerprint density at radius 3 is 2.52 bits per heavy atom. The number of carbonyl (C=O) groups excluding carboxylic acids is 1. The Hall–Kier alpha value is -1.12. The van der Waals surface area contributed by atoms with Crippen LogP contribution in [0.25, 0.3) is 0 Å². The monoisotopic (exact) mass is 294 g/mol. The second-order valence-electron chi connectivity index (χ2n) is 6.61. The predicted molar refractivity (Wildman–Crippen MR) is 84.5 cm³/mol. The molecule has 3 N–H and O–H groups in total. The van der Waals surface area contributed by atoms with Gasteiger partial charge in [0.25, 0.3) is 0 Å². The highest BCUT2D eigenvalue weighted by molar-refractivity contribution is 5.82. The molecule has 1 heterocycles. The van der Waals surface area contributed by atoms with Crippen molar-refractivity contribution >= 4 is 5.91 Å². The van der Waals surface area contributed by atoms with E-state index in [2.05, 4.69) is 30.1 Å². The fourth-order valence-electron chi connectivity index (χ4n) is 3.12. The highest BCUT2D eigenvalue weighted by atomic mass is 16.2. The van der Waals surface area contributed by atoms with Crippen LogP contribution in [0.1, 0.15) is 53.4 Å². The van der Waals surface area contributed by atoms with Gasteiger partial charge >= 0.3 is 0 Å². The van der Waals surface area contributed by atoms with E-state index in [4.69, 9.17) is 5.73 Å². The fourth-order valence-corrected chi connectivity index (χ4v) is 3.12. The van der Waals surface area contributed by atoms with Crippen molar-refractivity contribution in [2.24, 2.45) is 11.7 Å². The van der Waals surface area contributed by atoms with E-state index in [0.29, 0.717) is 31.3 Å². The van der Waals surface area contributed by atoms with Crippen molar-refractivity contribution < 1.29 is 4.79 Å². The van der Waals surface area contributed by atoms with Crippen LogP contribution in [0.2, 0.25) is 0 Å². The lowest BCUT2D eigenvalue weighted by Crippen LogP contribution is -2.55. The molecule has 5 nitrogen and oxygen atoms in total. The molecular weight excluding hydrogens is 264 g/mol. The molecule has 0 aromatic rings. The molecule has 0 aromatic heterocycles. The molecule has 2 unspecified atom stereocenters. The first-order valence-corrected chi connectivity index (χ1v) is 8.10. The number of nitriles is 1. The van der Waals surface area contributed by atoms with Gasteiger partial charge in [0.2, 0.25) is 5.91 Å². The van der Waals surface area contributed by atoms with Crippen LogP contribution in [-0.2, 0) is 4.79 Å². The molecule has 1 aliphatic rings. The lowest BCUT2D eigenvalue weighted by Gasteiger charge is -2.29. The summed E-state index contributed by atoms with van der Waals surface area (Å²) in [5.74, 6) is 0.171. The maximum absolute atomic E-state index is 12.2. The molecule has 1 rings (SSSR count). The minimum Gasteiger partial charge on any atom is -0.335 e. The van der Waals surface area contributed by atoms with Gasteiger partial charge in [-0.2, -0.15) is 5.26 Å². The van der Waals surface area contributed by atoms with E-state index in [1.165, 1.54) is 0 Å². The van der Waals surface area contributed by atoms with Gasteiger partial charge in [-0.3, -0.25) is 9.69 Å². The Labute approximate surface area is 128 Å². The van der Waals surface area contributed by atoms with E-state index in [-0.39, 0.29) is 5.91 Å². The van der Waals surface area contributed by atoms with E-state index in [0.717, 1.165) is 19.4 Å². The first kappa shape index (κ1) is 17.9. The van der Waals surface area contributed by atoms with Gasteiger partial charge in [0.15, 0.2) is 0 Å². The number of amides is 1. The van der Waals surface area contributed by atoms with Gasteiger partial charge in [-0.25, -0.2) is 0 Å². The Bertz CT molecular complexity index is 386. The summed E-state index contributed by atoms with van der Waals surface area (Å²) in [5, 5.41) is 12.5. The molecular formula is C16H30N4O. The van der Waals surface area contributed by atoms with E-state index >= 15 is 0 Å².